The Morgan fingerprint density at radius 1 is 1.29 bits per heavy atom. The number of hydrogen-bond acceptors (Lipinski definition) is 7. The minimum absolute atomic E-state index is 0.0338. The number of H-pyrrole nitrogens is 1. The van der Waals surface area contributed by atoms with E-state index in [0.717, 1.165) is 11.3 Å². The highest BCUT2D eigenvalue weighted by molar-refractivity contribution is 7.99. The summed E-state index contributed by atoms with van der Waals surface area (Å²) in [6.07, 6.45) is 0. The molecule has 0 atom stereocenters. The van der Waals surface area contributed by atoms with Gasteiger partial charge in [0, 0.05) is 17.8 Å². The van der Waals surface area contributed by atoms with Crippen molar-refractivity contribution >= 4 is 29.0 Å². The zero-order chi connectivity index (χ0) is 19.9. The summed E-state index contributed by atoms with van der Waals surface area (Å²) in [5, 5.41) is 20.5. The largest absolute Gasteiger partial charge is 0.486 e. The molecule has 0 aliphatic rings. The summed E-state index contributed by atoms with van der Waals surface area (Å²) < 4.78 is 5.65. The molecule has 1 amide bonds. The number of nitro benzene ring substituents is 1. The molecule has 0 aliphatic carbocycles. The molecule has 0 bridgehead atoms. The van der Waals surface area contributed by atoms with Crippen molar-refractivity contribution in [2.75, 3.05) is 11.1 Å². The second kappa shape index (κ2) is 9.00. The number of benzene rings is 2. The van der Waals surface area contributed by atoms with Crippen molar-refractivity contribution in [1.82, 2.24) is 15.2 Å². The fourth-order valence-corrected chi connectivity index (χ4v) is 2.87. The Bertz CT molecular complexity index is 974. The van der Waals surface area contributed by atoms with Crippen LogP contribution >= 0.6 is 11.8 Å². The topological polar surface area (TPSA) is 123 Å². The van der Waals surface area contributed by atoms with Crippen LogP contribution in [0.4, 0.5) is 11.4 Å². The van der Waals surface area contributed by atoms with Crippen molar-refractivity contribution in [2.45, 2.75) is 18.7 Å². The monoisotopic (exact) mass is 399 g/mol. The second-order valence-corrected chi connectivity index (χ2v) is 6.75. The second-order valence-electron chi connectivity index (χ2n) is 5.81. The highest BCUT2D eigenvalue weighted by Crippen LogP contribution is 2.18. The van der Waals surface area contributed by atoms with Crippen LogP contribution in [0.5, 0.6) is 5.75 Å². The van der Waals surface area contributed by atoms with Crippen LogP contribution in [0.25, 0.3) is 0 Å². The first-order chi connectivity index (χ1) is 13.5. The maximum Gasteiger partial charge on any atom is 0.269 e. The molecule has 2 N–H and O–H groups in total. The highest BCUT2D eigenvalue weighted by atomic mass is 32.2. The van der Waals surface area contributed by atoms with Crippen LogP contribution in [0.2, 0.25) is 0 Å². The number of aromatic amines is 1. The molecule has 2 aromatic carbocycles. The lowest BCUT2D eigenvalue weighted by Crippen LogP contribution is -2.14. The first-order valence-corrected chi connectivity index (χ1v) is 9.26. The molecule has 1 aromatic heterocycles. The van der Waals surface area contributed by atoms with Gasteiger partial charge in [-0.1, -0.05) is 23.9 Å². The number of aromatic nitrogens is 3. The normalized spacial score (nSPS) is 10.5. The van der Waals surface area contributed by atoms with Crippen LogP contribution in [0.15, 0.2) is 53.7 Å². The number of nitrogens with one attached hydrogen (secondary N) is 2. The van der Waals surface area contributed by atoms with E-state index < -0.39 is 4.92 Å². The van der Waals surface area contributed by atoms with Crippen molar-refractivity contribution in [3.8, 4) is 5.75 Å². The average molecular weight is 399 g/mol. The standard InChI is InChI=1S/C18H17N5O4S/c1-12-3-2-4-15(9-12)27-10-16-20-18(22-21-16)28-11-17(24)19-13-5-7-14(8-6-13)23(25)26/h2-9H,10-11H2,1H3,(H,19,24)(H,20,21,22). The number of anilines is 1. The number of ether oxygens (including phenoxy) is 1. The Morgan fingerprint density at radius 2 is 2.07 bits per heavy atom. The van der Waals surface area contributed by atoms with E-state index in [-0.39, 0.29) is 24.0 Å². The van der Waals surface area contributed by atoms with Gasteiger partial charge >= 0.3 is 0 Å². The van der Waals surface area contributed by atoms with E-state index in [1.807, 2.05) is 31.2 Å². The summed E-state index contributed by atoms with van der Waals surface area (Å²) >= 11 is 1.17. The van der Waals surface area contributed by atoms with Gasteiger partial charge in [0.25, 0.3) is 5.69 Å². The van der Waals surface area contributed by atoms with Gasteiger partial charge in [-0.2, -0.15) is 0 Å². The average Bonchev–Trinajstić information content (AvgIpc) is 3.13. The van der Waals surface area contributed by atoms with E-state index in [1.165, 1.54) is 36.0 Å². The van der Waals surface area contributed by atoms with Crippen molar-refractivity contribution in [3.63, 3.8) is 0 Å². The molecule has 9 nitrogen and oxygen atoms in total. The van der Waals surface area contributed by atoms with Gasteiger partial charge in [-0.3, -0.25) is 20.0 Å². The molecule has 0 radical (unpaired) electrons. The lowest BCUT2D eigenvalue weighted by atomic mass is 10.2. The molecular formula is C18H17N5O4S. The van der Waals surface area contributed by atoms with E-state index >= 15 is 0 Å². The summed E-state index contributed by atoms with van der Waals surface area (Å²) in [5.74, 6) is 1.14. The van der Waals surface area contributed by atoms with Gasteiger partial charge in [0.15, 0.2) is 5.82 Å². The van der Waals surface area contributed by atoms with Crippen LogP contribution in [-0.2, 0) is 11.4 Å². The fraction of sp³-hybridized carbons (Fsp3) is 0.167. The number of thioether (sulfide) groups is 1. The van der Waals surface area contributed by atoms with E-state index in [4.69, 9.17) is 4.74 Å². The number of amides is 1. The third kappa shape index (κ3) is 5.55. The van der Waals surface area contributed by atoms with Crippen LogP contribution in [-0.4, -0.2) is 31.8 Å². The van der Waals surface area contributed by atoms with E-state index in [0.29, 0.717) is 16.7 Å². The summed E-state index contributed by atoms with van der Waals surface area (Å²) in [5.41, 5.74) is 1.55. The predicted molar refractivity (Wildman–Crippen MR) is 104 cm³/mol. The number of carbonyl (C=O) groups excluding carboxylic acids is 1. The Balaban J connectivity index is 1.45. The predicted octanol–water partition coefficient (Wildman–Crippen LogP) is 3.33. The summed E-state index contributed by atoms with van der Waals surface area (Å²) in [4.78, 5) is 26.4. The number of rotatable bonds is 8. The molecule has 0 saturated carbocycles. The van der Waals surface area contributed by atoms with Crippen molar-refractivity contribution in [1.29, 1.82) is 0 Å². The van der Waals surface area contributed by atoms with Crippen LogP contribution in [0.1, 0.15) is 11.4 Å². The summed E-state index contributed by atoms with van der Waals surface area (Å²) in [6.45, 7) is 2.23. The first-order valence-electron chi connectivity index (χ1n) is 8.27. The molecule has 28 heavy (non-hydrogen) atoms. The van der Waals surface area contributed by atoms with E-state index in [2.05, 4.69) is 20.5 Å². The van der Waals surface area contributed by atoms with Gasteiger partial charge in [-0.25, -0.2) is 4.98 Å². The van der Waals surface area contributed by atoms with Crippen molar-refractivity contribution < 1.29 is 14.5 Å². The maximum atomic E-state index is 12.0. The maximum absolute atomic E-state index is 12.0. The lowest BCUT2D eigenvalue weighted by molar-refractivity contribution is -0.384. The molecule has 144 valence electrons. The molecule has 0 unspecified atom stereocenters. The van der Waals surface area contributed by atoms with Crippen LogP contribution in [0.3, 0.4) is 0 Å². The third-order valence-electron chi connectivity index (χ3n) is 3.57. The Morgan fingerprint density at radius 3 is 2.79 bits per heavy atom. The lowest BCUT2D eigenvalue weighted by Gasteiger charge is -2.04. The zero-order valence-corrected chi connectivity index (χ0v) is 15.7. The van der Waals surface area contributed by atoms with Crippen LogP contribution in [0, 0.1) is 17.0 Å². The van der Waals surface area contributed by atoms with Gasteiger partial charge in [0.05, 0.1) is 10.7 Å². The van der Waals surface area contributed by atoms with E-state index in [9.17, 15) is 14.9 Å². The number of carbonyl (C=O) groups is 1. The Labute approximate surface area is 164 Å². The Hall–Kier alpha value is -3.40. The molecule has 10 heteroatoms. The minimum atomic E-state index is -0.495. The van der Waals surface area contributed by atoms with Crippen LogP contribution < -0.4 is 10.1 Å². The third-order valence-corrected chi connectivity index (χ3v) is 4.42. The smallest absolute Gasteiger partial charge is 0.269 e. The summed E-state index contributed by atoms with van der Waals surface area (Å²) in [7, 11) is 0. The number of nitro groups is 1. The minimum Gasteiger partial charge on any atom is -0.486 e. The number of hydrogen-bond donors (Lipinski definition) is 2. The molecule has 3 rings (SSSR count). The highest BCUT2D eigenvalue weighted by Gasteiger charge is 2.10. The summed E-state index contributed by atoms with van der Waals surface area (Å²) in [6, 6.07) is 13.3. The van der Waals surface area contributed by atoms with Gasteiger partial charge in [0.2, 0.25) is 11.1 Å². The SMILES string of the molecule is Cc1cccc(OCc2nc(SCC(=O)Nc3ccc([N+](=O)[O-])cc3)n[nH]2)c1. The van der Waals surface area contributed by atoms with Crippen molar-refractivity contribution in [3.05, 3.63) is 70.0 Å². The quantitative estimate of drug-likeness (QED) is 0.338. The zero-order valence-electron chi connectivity index (χ0n) is 14.9. The number of nitrogens with zero attached hydrogens (tertiary/aromatic N) is 3. The number of aryl methyl sites for hydroxylation is 1. The fourth-order valence-electron chi connectivity index (χ4n) is 2.26. The molecule has 0 saturated heterocycles. The number of non-ortho nitro benzene ring substituents is 1. The first kappa shape index (κ1) is 19.4. The molecule has 0 spiro atoms. The van der Waals surface area contributed by atoms with Gasteiger partial charge in [0.1, 0.15) is 12.4 Å². The molecular weight excluding hydrogens is 382 g/mol. The van der Waals surface area contributed by atoms with Gasteiger partial charge < -0.3 is 10.1 Å². The van der Waals surface area contributed by atoms with Gasteiger partial charge in [-0.15, -0.1) is 5.10 Å². The molecule has 3 aromatic rings. The van der Waals surface area contributed by atoms with E-state index in [1.54, 1.807) is 0 Å². The van der Waals surface area contributed by atoms with Gasteiger partial charge in [-0.05, 0) is 36.8 Å². The molecule has 0 aliphatic heterocycles. The molecule has 0 fully saturated rings. The molecule has 1 heterocycles. The van der Waals surface area contributed by atoms with Crippen molar-refractivity contribution in [2.24, 2.45) is 0 Å². The Kier molecular flexibility index (Phi) is 6.22.